The number of rotatable bonds is 2. The number of carbonyl (C=O) groups excluding carboxylic acids is 1. The second kappa shape index (κ2) is 7.87. The van der Waals surface area contributed by atoms with E-state index in [1.807, 2.05) is 7.05 Å². The minimum Gasteiger partial charge on any atom is -0.493 e. The Labute approximate surface area is 189 Å². The average Bonchev–Trinajstić information content (AvgIpc) is 3.50. The molecular formula is C23H24FN5O4. The molecule has 172 valence electrons. The molecule has 3 aromatic rings. The van der Waals surface area contributed by atoms with Crippen LogP contribution in [-0.4, -0.2) is 64.9 Å². The molecule has 0 radical (unpaired) electrons. The molecule has 1 saturated heterocycles. The monoisotopic (exact) mass is 453 g/mol. The molecule has 33 heavy (non-hydrogen) atoms. The van der Waals surface area contributed by atoms with Gasteiger partial charge in [-0.05, 0) is 25.0 Å². The van der Waals surface area contributed by atoms with Gasteiger partial charge < -0.3 is 24.4 Å². The normalized spacial score (nSPS) is 19.9. The Hall–Kier alpha value is -3.40. The zero-order valence-electron chi connectivity index (χ0n) is 18.2. The first-order valence-electron chi connectivity index (χ1n) is 11.1. The minimum absolute atomic E-state index is 0.0980. The predicted molar refractivity (Wildman–Crippen MR) is 116 cm³/mol. The van der Waals surface area contributed by atoms with Gasteiger partial charge in [-0.3, -0.25) is 9.20 Å². The molecule has 1 fully saturated rings. The maximum atomic E-state index is 14.7. The van der Waals surface area contributed by atoms with Crippen LogP contribution in [0.4, 0.5) is 10.2 Å². The number of hydrogen-bond acceptors (Lipinski definition) is 7. The van der Waals surface area contributed by atoms with Crippen molar-refractivity contribution < 1.29 is 23.4 Å². The molecule has 1 N–H and O–H groups in total. The van der Waals surface area contributed by atoms with Gasteiger partial charge in [0.2, 0.25) is 0 Å². The highest BCUT2D eigenvalue weighted by molar-refractivity contribution is 6.01. The van der Waals surface area contributed by atoms with Gasteiger partial charge in [0.05, 0.1) is 24.7 Å². The highest BCUT2D eigenvalue weighted by Crippen LogP contribution is 2.41. The molecule has 6 rings (SSSR count). The summed E-state index contributed by atoms with van der Waals surface area (Å²) in [6.45, 7) is 2.25. The van der Waals surface area contributed by atoms with Crippen LogP contribution in [0.5, 0.6) is 11.5 Å². The summed E-state index contributed by atoms with van der Waals surface area (Å²) in [5, 5.41) is 11.5. The standard InChI is InChI=1S/C23H24FN5O4/c1-28(14-4-6-31-7-5-14)23(30)15-8-19-22(29-12-26-27-21(15)29)25-9-16-17(24)2-3-18-20(16)13(10-32-18)11-33-19/h2-3,8,12-14,25H,4-7,9-11H2,1H3/t13-/m1/s1. The predicted octanol–water partition coefficient (Wildman–Crippen LogP) is 2.60. The van der Waals surface area contributed by atoms with Crippen molar-refractivity contribution in [2.24, 2.45) is 0 Å². The Balaban J connectivity index is 1.40. The average molecular weight is 453 g/mol. The Morgan fingerprint density at radius 1 is 1.21 bits per heavy atom. The highest BCUT2D eigenvalue weighted by Gasteiger charge is 2.33. The zero-order valence-corrected chi connectivity index (χ0v) is 18.2. The van der Waals surface area contributed by atoms with Gasteiger partial charge in [0.1, 0.15) is 17.9 Å². The Kier molecular flexibility index (Phi) is 4.83. The van der Waals surface area contributed by atoms with Crippen LogP contribution in [-0.2, 0) is 11.3 Å². The fraction of sp³-hybridized carbons (Fsp3) is 0.435. The van der Waals surface area contributed by atoms with E-state index in [1.165, 1.54) is 12.4 Å². The van der Waals surface area contributed by atoms with Crippen molar-refractivity contribution >= 4 is 17.4 Å². The number of pyridine rings is 1. The molecule has 10 heteroatoms. The summed E-state index contributed by atoms with van der Waals surface area (Å²) >= 11 is 0. The van der Waals surface area contributed by atoms with E-state index < -0.39 is 0 Å². The van der Waals surface area contributed by atoms with E-state index in [2.05, 4.69) is 15.5 Å². The number of nitrogens with one attached hydrogen (secondary N) is 1. The van der Waals surface area contributed by atoms with E-state index in [0.29, 0.717) is 60.5 Å². The molecule has 0 spiro atoms. The van der Waals surface area contributed by atoms with E-state index in [1.54, 1.807) is 21.4 Å². The number of hydrogen-bond donors (Lipinski definition) is 1. The molecule has 1 aromatic carbocycles. The first-order chi connectivity index (χ1) is 16.1. The minimum atomic E-state index is -0.287. The van der Waals surface area contributed by atoms with Gasteiger partial charge in [-0.25, -0.2) is 4.39 Å². The summed E-state index contributed by atoms with van der Waals surface area (Å²) in [6.07, 6.45) is 3.12. The van der Waals surface area contributed by atoms with Gasteiger partial charge in [0.15, 0.2) is 17.2 Å². The largest absolute Gasteiger partial charge is 0.493 e. The maximum absolute atomic E-state index is 14.7. The molecule has 9 nitrogen and oxygen atoms in total. The summed E-state index contributed by atoms with van der Waals surface area (Å²) in [7, 11) is 1.81. The maximum Gasteiger partial charge on any atom is 0.257 e. The summed E-state index contributed by atoms with van der Waals surface area (Å²) < 4.78 is 33.8. The zero-order chi connectivity index (χ0) is 22.5. The second-order valence-electron chi connectivity index (χ2n) is 8.67. The summed E-state index contributed by atoms with van der Waals surface area (Å²) in [5.74, 6) is 1.23. The number of carbonyl (C=O) groups is 1. The van der Waals surface area contributed by atoms with Gasteiger partial charge in [0.25, 0.3) is 5.91 Å². The smallest absolute Gasteiger partial charge is 0.257 e. The number of ether oxygens (including phenoxy) is 3. The molecule has 0 unspecified atom stereocenters. The van der Waals surface area contributed by atoms with Crippen molar-refractivity contribution in [3.8, 4) is 11.5 Å². The lowest BCUT2D eigenvalue weighted by atomic mass is 9.96. The van der Waals surface area contributed by atoms with Gasteiger partial charge in [-0.2, -0.15) is 0 Å². The first-order valence-corrected chi connectivity index (χ1v) is 11.1. The Morgan fingerprint density at radius 3 is 2.82 bits per heavy atom. The Morgan fingerprint density at radius 2 is 2.00 bits per heavy atom. The summed E-state index contributed by atoms with van der Waals surface area (Å²) in [6, 6.07) is 4.92. The van der Waals surface area contributed by atoms with Crippen molar-refractivity contribution in [3.63, 3.8) is 0 Å². The fourth-order valence-corrected chi connectivity index (χ4v) is 4.97. The van der Waals surface area contributed by atoms with Gasteiger partial charge >= 0.3 is 0 Å². The van der Waals surface area contributed by atoms with E-state index in [-0.39, 0.29) is 30.2 Å². The topological polar surface area (TPSA) is 90.2 Å². The number of amides is 1. The molecule has 5 heterocycles. The molecular weight excluding hydrogens is 429 g/mol. The molecule has 0 aliphatic carbocycles. The summed E-state index contributed by atoms with van der Waals surface area (Å²) in [5.41, 5.74) is 2.24. The number of fused-ring (bicyclic) bond motifs is 3. The van der Waals surface area contributed by atoms with Crippen LogP contribution in [0.3, 0.4) is 0 Å². The molecule has 1 atom stereocenters. The third-order valence-electron chi connectivity index (χ3n) is 6.81. The van der Waals surface area contributed by atoms with Crippen molar-refractivity contribution in [1.82, 2.24) is 19.5 Å². The second-order valence-corrected chi connectivity index (χ2v) is 8.67. The molecule has 0 bridgehead atoms. The Bertz CT molecular complexity index is 1240. The van der Waals surface area contributed by atoms with Crippen LogP contribution in [0.2, 0.25) is 0 Å². The fourth-order valence-electron chi connectivity index (χ4n) is 4.97. The summed E-state index contributed by atoms with van der Waals surface area (Å²) in [4.78, 5) is 15.2. The molecule has 3 aliphatic rings. The van der Waals surface area contributed by atoms with E-state index in [0.717, 1.165) is 18.4 Å². The number of anilines is 1. The number of aromatic nitrogens is 3. The van der Waals surface area contributed by atoms with Crippen LogP contribution >= 0.6 is 0 Å². The van der Waals surface area contributed by atoms with E-state index >= 15 is 0 Å². The lowest BCUT2D eigenvalue weighted by Gasteiger charge is -2.31. The molecule has 3 aliphatic heterocycles. The van der Waals surface area contributed by atoms with Gasteiger partial charge in [-0.1, -0.05) is 0 Å². The van der Waals surface area contributed by atoms with Gasteiger partial charge in [-0.15, -0.1) is 10.2 Å². The quantitative estimate of drug-likeness (QED) is 0.638. The van der Waals surface area contributed by atoms with Crippen LogP contribution < -0.4 is 14.8 Å². The number of benzene rings is 1. The number of nitrogens with zero attached hydrogens (tertiary/aromatic N) is 4. The third-order valence-corrected chi connectivity index (χ3v) is 6.81. The highest BCUT2D eigenvalue weighted by atomic mass is 19.1. The first kappa shape index (κ1) is 20.2. The lowest BCUT2D eigenvalue weighted by molar-refractivity contribution is 0.0362. The molecule has 0 saturated carbocycles. The van der Waals surface area contributed by atoms with Crippen LogP contribution in [0.1, 0.15) is 40.2 Å². The lowest BCUT2D eigenvalue weighted by Crippen LogP contribution is -2.40. The number of halogens is 1. The van der Waals surface area contributed by atoms with Crippen molar-refractivity contribution in [2.75, 3.05) is 38.8 Å². The SMILES string of the molecule is CN(C(=O)c1cc2c(n3cnnc13)NCc1c(F)ccc3c1[C@H](CO3)CO2)C1CCOCC1. The van der Waals surface area contributed by atoms with Crippen molar-refractivity contribution in [1.29, 1.82) is 0 Å². The van der Waals surface area contributed by atoms with Crippen LogP contribution in [0.15, 0.2) is 24.5 Å². The van der Waals surface area contributed by atoms with E-state index in [9.17, 15) is 9.18 Å². The van der Waals surface area contributed by atoms with Gasteiger partial charge in [0, 0.05) is 50.0 Å². The molecule has 2 aromatic heterocycles. The van der Waals surface area contributed by atoms with Crippen LogP contribution in [0.25, 0.3) is 5.65 Å². The molecule has 1 amide bonds. The third kappa shape index (κ3) is 3.28. The van der Waals surface area contributed by atoms with E-state index in [4.69, 9.17) is 14.2 Å². The van der Waals surface area contributed by atoms with Crippen LogP contribution in [0, 0.1) is 5.82 Å². The van der Waals surface area contributed by atoms with Crippen molar-refractivity contribution in [3.05, 3.63) is 47.0 Å². The van der Waals surface area contributed by atoms with Crippen molar-refractivity contribution in [2.45, 2.75) is 31.3 Å².